The number of carbonyl (C=O) groups is 2. The Morgan fingerprint density at radius 2 is 1.68 bits per heavy atom. The summed E-state index contributed by atoms with van der Waals surface area (Å²) in [6.07, 6.45) is 3.95. The Bertz CT molecular complexity index is 576. The fraction of sp³-hybridized carbons (Fsp3) is 0.333. The predicted octanol–water partition coefficient (Wildman–Crippen LogP) is 1.82. The first-order valence-electron chi connectivity index (χ1n) is 6.92. The number of nitrogens with zero attached hydrogens (tertiary/aromatic N) is 2. The van der Waals surface area contributed by atoms with E-state index >= 15 is 0 Å². The molecule has 0 spiro atoms. The molecule has 0 aliphatic carbocycles. The van der Waals surface area contributed by atoms with Crippen molar-refractivity contribution in [1.82, 2.24) is 4.90 Å². The molecule has 0 saturated heterocycles. The van der Waals surface area contributed by atoms with Crippen molar-refractivity contribution in [2.75, 3.05) is 13.2 Å². The second-order valence-corrected chi connectivity index (χ2v) is 4.84. The summed E-state index contributed by atoms with van der Waals surface area (Å²) in [6, 6.07) is 6.20. The Labute approximate surface area is 127 Å². The van der Waals surface area contributed by atoms with Crippen molar-refractivity contribution in [2.45, 2.75) is 19.4 Å². The molecule has 1 heterocycles. The summed E-state index contributed by atoms with van der Waals surface area (Å²) >= 11 is 0. The molecule has 7 nitrogen and oxygen atoms in total. The molecule has 2 rings (SSSR count). The first-order valence-corrected chi connectivity index (χ1v) is 6.92. The van der Waals surface area contributed by atoms with E-state index in [1.165, 1.54) is 29.2 Å². The monoisotopic (exact) mass is 304 g/mol. The highest BCUT2D eigenvalue weighted by Gasteiger charge is 2.22. The minimum Gasteiger partial charge on any atom is -0.377 e. The summed E-state index contributed by atoms with van der Waals surface area (Å²) in [5.41, 5.74) is 0.914. The Morgan fingerprint density at radius 1 is 1.05 bits per heavy atom. The highest BCUT2D eigenvalue weighted by molar-refractivity contribution is 6.12. The number of benzene rings is 1. The molecular formula is C15H16N2O5. The normalized spacial score (nSPS) is 13.9. The van der Waals surface area contributed by atoms with Crippen LogP contribution in [0.15, 0.2) is 36.4 Å². The van der Waals surface area contributed by atoms with Crippen LogP contribution in [0.1, 0.15) is 18.4 Å². The van der Waals surface area contributed by atoms with Crippen LogP contribution in [-0.4, -0.2) is 34.8 Å². The summed E-state index contributed by atoms with van der Waals surface area (Å²) < 4.78 is 5.46. The van der Waals surface area contributed by atoms with Crippen LogP contribution in [0.5, 0.6) is 0 Å². The zero-order valence-corrected chi connectivity index (χ0v) is 11.9. The molecule has 0 aromatic heterocycles. The highest BCUT2D eigenvalue weighted by Crippen LogP contribution is 2.12. The average molecular weight is 304 g/mol. The maximum absolute atomic E-state index is 11.3. The molecule has 0 bridgehead atoms. The van der Waals surface area contributed by atoms with Crippen LogP contribution >= 0.6 is 0 Å². The summed E-state index contributed by atoms with van der Waals surface area (Å²) in [7, 11) is 0. The SMILES string of the molecule is O=C1C=CC(=O)N1CCCCOCc1ccc([N+](=O)[O-])cc1. The molecule has 0 saturated carbocycles. The Morgan fingerprint density at radius 3 is 2.27 bits per heavy atom. The molecular weight excluding hydrogens is 288 g/mol. The van der Waals surface area contributed by atoms with Crippen molar-refractivity contribution in [3.8, 4) is 0 Å². The summed E-state index contributed by atoms with van der Waals surface area (Å²) in [5.74, 6) is -0.534. The fourth-order valence-corrected chi connectivity index (χ4v) is 2.03. The van der Waals surface area contributed by atoms with Gasteiger partial charge in [0.05, 0.1) is 11.5 Å². The summed E-state index contributed by atoms with van der Waals surface area (Å²) in [5, 5.41) is 10.5. The van der Waals surface area contributed by atoms with Gasteiger partial charge in [-0.25, -0.2) is 0 Å². The molecule has 1 aliphatic rings. The number of unbranched alkanes of at least 4 members (excludes halogenated alkanes) is 1. The predicted molar refractivity (Wildman–Crippen MR) is 77.8 cm³/mol. The number of carbonyl (C=O) groups excluding carboxylic acids is 2. The maximum Gasteiger partial charge on any atom is 0.269 e. The molecule has 22 heavy (non-hydrogen) atoms. The van der Waals surface area contributed by atoms with Crippen LogP contribution in [0.3, 0.4) is 0 Å². The van der Waals surface area contributed by atoms with Crippen molar-refractivity contribution in [3.63, 3.8) is 0 Å². The number of non-ortho nitro benzene ring substituents is 1. The summed E-state index contributed by atoms with van der Waals surface area (Å²) in [6.45, 7) is 1.27. The number of amides is 2. The standard InChI is InChI=1S/C15H16N2O5/c18-14-7-8-15(19)16(14)9-1-2-10-22-11-12-3-5-13(6-4-12)17(20)21/h3-8H,1-2,9-11H2. The fourth-order valence-electron chi connectivity index (χ4n) is 2.03. The number of hydrogen-bond donors (Lipinski definition) is 0. The van der Waals surface area contributed by atoms with Gasteiger partial charge in [0.1, 0.15) is 0 Å². The maximum atomic E-state index is 11.3. The lowest BCUT2D eigenvalue weighted by atomic mass is 10.2. The quantitative estimate of drug-likeness (QED) is 0.316. The molecule has 1 aliphatic heterocycles. The number of nitro benzene ring substituents is 1. The van der Waals surface area contributed by atoms with Gasteiger partial charge in [-0.2, -0.15) is 0 Å². The first kappa shape index (κ1) is 15.8. The number of imide groups is 1. The zero-order valence-electron chi connectivity index (χ0n) is 11.9. The molecule has 1 aromatic carbocycles. The van der Waals surface area contributed by atoms with Gasteiger partial charge >= 0.3 is 0 Å². The van der Waals surface area contributed by atoms with E-state index < -0.39 is 4.92 Å². The van der Waals surface area contributed by atoms with E-state index in [1.807, 2.05) is 0 Å². The van der Waals surface area contributed by atoms with E-state index in [0.717, 1.165) is 12.0 Å². The van der Waals surface area contributed by atoms with Crippen molar-refractivity contribution in [1.29, 1.82) is 0 Å². The topological polar surface area (TPSA) is 89.8 Å². The Kier molecular flexibility index (Phi) is 5.37. The van der Waals surface area contributed by atoms with Gasteiger partial charge < -0.3 is 4.74 Å². The summed E-state index contributed by atoms with van der Waals surface area (Å²) in [4.78, 5) is 33.9. The van der Waals surface area contributed by atoms with Crippen LogP contribution in [-0.2, 0) is 20.9 Å². The van der Waals surface area contributed by atoms with E-state index in [9.17, 15) is 19.7 Å². The second kappa shape index (κ2) is 7.46. The lowest BCUT2D eigenvalue weighted by Crippen LogP contribution is -2.30. The molecule has 7 heteroatoms. The molecule has 2 amide bonds. The van der Waals surface area contributed by atoms with E-state index in [-0.39, 0.29) is 17.5 Å². The molecule has 0 N–H and O–H groups in total. The van der Waals surface area contributed by atoms with Crippen LogP contribution in [0.25, 0.3) is 0 Å². The minimum absolute atomic E-state index is 0.0531. The lowest BCUT2D eigenvalue weighted by Gasteiger charge is -2.13. The van der Waals surface area contributed by atoms with Crippen LogP contribution in [0.4, 0.5) is 5.69 Å². The van der Waals surface area contributed by atoms with Gasteiger partial charge in [0.15, 0.2) is 0 Å². The van der Waals surface area contributed by atoms with E-state index in [1.54, 1.807) is 12.1 Å². The Balaban J connectivity index is 1.60. The number of ether oxygens (including phenoxy) is 1. The van der Waals surface area contributed by atoms with Gasteiger partial charge in [0.2, 0.25) is 0 Å². The van der Waals surface area contributed by atoms with Crippen LogP contribution in [0.2, 0.25) is 0 Å². The third-order valence-electron chi connectivity index (χ3n) is 3.24. The highest BCUT2D eigenvalue weighted by atomic mass is 16.6. The van der Waals surface area contributed by atoms with Gasteiger partial charge in [0, 0.05) is 37.4 Å². The Hall–Kier alpha value is -2.54. The van der Waals surface area contributed by atoms with Crippen molar-refractivity contribution < 1.29 is 19.2 Å². The van der Waals surface area contributed by atoms with Gasteiger partial charge in [-0.1, -0.05) is 0 Å². The minimum atomic E-state index is -0.444. The molecule has 1 aromatic rings. The van der Waals surface area contributed by atoms with Crippen LogP contribution in [0, 0.1) is 10.1 Å². The molecule has 0 atom stereocenters. The van der Waals surface area contributed by atoms with Gasteiger partial charge in [-0.05, 0) is 30.5 Å². The number of rotatable bonds is 8. The molecule has 0 unspecified atom stereocenters. The smallest absolute Gasteiger partial charge is 0.269 e. The van der Waals surface area contributed by atoms with E-state index in [4.69, 9.17) is 4.74 Å². The number of hydrogen-bond acceptors (Lipinski definition) is 5. The van der Waals surface area contributed by atoms with Crippen molar-refractivity contribution >= 4 is 17.5 Å². The average Bonchev–Trinajstić information content (AvgIpc) is 2.82. The largest absolute Gasteiger partial charge is 0.377 e. The molecule has 0 radical (unpaired) electrons. The van der Waals surface area contributed by atoms with Gasteiger partial charge in [-0.15, -0.1) is 0 Å². The third kappa shape index (κ3) is 4.23. The van der Waals surface area contributed by atoms with Crippen molar-refractivity contribution in [2.24, 2.45) is 0 Å². The lowest BCUT2D eigenvalue weighted by molar-refractivity contribution is -0.384. The first-order chi connectivity index (χ1) is 10.6. The van der Waals surface area contributed by atoms with Gasteiger partial charge in [-0.3, -0.25) is 24.6 Å². The molecule has 116 valence electrons. The van der Waals surface area contributed by atoms with E-state index in [0.29, 0.717) is 26.2 Å². The molecule has 0 fully saturated rings. The second-order valence-electron chi connectivity index (χ2n) is 4.84. The van der Waals surface area contributed by atoms with Crippen molar-refractivity contribution in [3.05, 3.63) is 52.1 Å². The number of nitro groups is 1. The third-order valence-corrected chi connectivity index (χ3v) is 3.24. The zero-order chi connectivity index (χ0) is 15.9. The van der Waals surface area contributed by atoms with E-state index in [2.05, 4.69) is 0 Å². The van der Waals surface area contributed by atoms with Crippen LogP contribution < -0.4 is 0 Å². The van der Waals surface area contributed by atoms with Gasteiger partial charge in [0.25, 0.3) is 17.5 Å².